The van der Waals surface area contributed by atoms with Crippen LogP contribution in [0.1, 0.15) is 11.7 Å². The highest BCUT2D eigenvalue weighted by atomic mass is 16.5. The summed E-state index contributed by atoms with van der Waals surface area (Å²) in [5.41, 5.74) is 11.8. The van der Waals surface area contributed by atoms with Gasteiger partial charge in [0.1, 0.15) is 23.9 Å². The van der Waals surface area contributed by atoms with Gasteiger partial charge in [-0.1, -0.05) is 5.16 Å². The Hall–Kier alpha value is -2.05. The lowest BCUT2D eigenvalue weighted by molar-refractivity contribution is 0.403. The maximum atomic E-state index is 5.69. The van der Waals surface area contributed by atoms with Crippen LogP contribution < -0.4 is 16.8 Å². The van der Waals surface area contributed by atoms with Gasteiger partial charge in [0.25, 0.3) is 5.89 Å². The second-order valence-electron chi connectivity index (χ2n) is 2.81. The van der Waals surface area contributed by atoms with Crippen molar-refractivity contribution in [2.75, 3.05) is 6.67 Å². The minimum atomic E-state index is 0.286. The zero-order chi connectivity index (χ0) is 10.1. The van der Waals surface area contributed by atoms with Crippen LogP contribution in [-0.2, 0) is 0 Å². The lowest BCUT2D eigenvalue weighted by atomic mass is 10.2. The van der Waals surface area contributed by atoms with Crippen LogP contribution in [0.25, 0.3) is 5.57 Å². The molecule has 1 aliphatic rings. The third-order valence-electron chi connectivity index (χ3n) is 1.79. The number of amidine groups is 1. The molecule has 1 aromatic rings. The van der Waals surface area contributed by atoms with Crippen molar-refractivity contribution in [3.05, 3.63) is 17.5 Å². The van der Waals surface area contributed by atoms with E-state index in [-0.39, 0.29) is 5.89 Å². The van der Waals surface area contributed by atoms with Gasteiger partial charge in [0.15, 0.2) is 5.82 Å². The first kappa shape index (κ1) is 8.54. The molecule has 0 spiro atoms. The monoisotopic (exact) mass is 194 g/mol. The maximum Gasteiger partial charge on any atom is 0.265 e. The van der Waals surface area contributed by atoms with Gasteiger partial charge in [-0.3, -0.25) is 0 Å². The number of hydrogen-bond acceptors (Lipinski definition) is 7. The van der Waals surface area contributed by atoms with E-state index in [0.717, 1.165) is 0 Å². The van der Waals surface area contributed by atoms with Crippen molar-refractivity contribution >= 4 is 11.4 Å². The predicted octanol–water partition coefficient (Wildman–Crippen LogP) is -1.08. The fraction of sp³-hybridized carbons (Fsp3) is 0.286. The lowest BCUT2D eigenvalue weighted by Crippen LogP contribution is -2.32. The Morgan fingerprint density at radius 1 is 1.43 bits per heavy atom. The summed E-state index contributed by atoms with van der Waals surface area (Å²) in [6.45, 7) is 2.08. The number of nitrogens with zero attached hydrogens (tertiary/aromatic N) is 3. The molecule has 0 amide bonds. The summed E-state index contributed by atoms with van der Waals surface area (Å²) < 4.78 is 4.94. The van der Waals surface area contributed by atoms with Crippen LogP contribution in [0.3, 0.4) is 0 Å². The molecule has 0 radical (unpaired) electrons. The van der Waals surface area contributed by atoms with Crippen LogP contribution in [-0.4, -0.2) is 22.6 Å². The minimum Gasteiger partial charge on any atom is -0.385 e. The molecule has 0 aliphatic carbocycles. The molecule has 0 bridgehead atoms. The minimum absolute atomic E-state index is 0.286. The SMILES string of the molecule is Cc1noc(C2=C(N)NCN=C2N)n1. The van der Waals surface area contributed by atoms with Gasteiger partial charge in [0.05, 0.1) is 0 Å². The van der Waals surface area contributed by atoms with Crippen molar-refractivity contribution < 1.29 is 4.52 Å². The van der Waals surface area contributed by atoms with Gasteiger partial charge in [-0.2, -0.15) is 4.98 Å². The first-order valence-corrected chi connectivity index (χ1v) is 4.03. The molecule has 7 nitrogen and oxygen atoms in total. The van der Waals surface area contributed by atoms with E-state index in [1.54, 1.807) is 6.92 Å². The molecule has 0 aromatic carbocycles. The molecule has 7 heteroatoms. The zero-order valence-electron chi connectivity index (χ0n) is 7.61. The summed E-state index contributed by atoms with van der Waals surface area (Å²) >= 11 is 0. The van der Waals surface area contributed by atoms with Gasteiger partial charge in [-0.05, 0) is 6.92 Å². The molecule has 2 heterocycles. The van der Waals surface area contributed by atoms with E-state index in [0.29, 0.717) is 29.7 Å². The Morgan fingerprint density at radius 3 is 2.79 bits per heavy atom. The Morgan fingerprint density at radius 2 is 2.21 bits per heavy atom. The molecular weight excluding hydrogens is 184 g/mol. The van der Waals surface area contributed by atoms with E-state index >= 15 is 0 Å². The summed E-state index contributed by atoms with van der Waals surface area (Å²) in [6, 6.07) is 0. The second kappa shape index (κ2) is 3.02. The topological polar surface area (TPSA) is 115 Å². The molecule has 5 N–H and O–H groups in total. The van der Waals surface area contributed by atoms with Crippen molar-refractivity contribution in [2.45, 2.75) is 6.92 Å². The van der Waals surface area contributed by atoms with E-state index < -0.39 is 0 Å². The summed E-state index contributed by atoms with van der Waals surface area (Å²) in [5.74, 6) is 1.53. The second-order valence-corrected chi connectivity index (χ2v) is 2.81. The van der Waals surface area contributed by atoms with Gasteiger partial charge < -0.3 is 21.3 Å². The number of nitrogens with one attached hydrogen (secondary N) is 1. The van der Waals surface area contributed by atoms with E-state index in [4.69, 9.17) is 16.0 Å². The van der Waals surface area contributed by atoms with Crippen molar-refractivity contribution in [2.24, 2.45) is 16.5 Å². The standard InChI is InChI=1S/C7H10N6O/c1-3-12-7(14-13-3)4-5(8)10-2-11-6(4)9/h10H,2,8H2,1H3,(H2,9,11). The number of aromatic nitrogens is 2. The highest BCUT2D eigenvalue weighted by Crippen LogP contribution is 2.15. The van der Waals surface area contributed by atoms with Crippen LogP contribution in [0.15, 0.2) is 15.3 Å². The first-order chi connectivity index (χ1) is 6.68. The van der Waals surface area contributed by atoms with Crippen molar-refractivity contribution in [3.63, 3.8) is 0 Å². The average Bonchev–Trinajstić information content (AvgIpc) is 2.51. The average molecular weight is 194 g/mol. The predicted molar refractivity (Wildman–Crippen MR) is 49.8 cm³/mol. The van der Waals surface area contributed by atoms with Gasteiger partial charge in [0, 0.05) is 0 Å². The molecule has 2 rings (SSSR count). The zero-order valence-corrected chi connectivity index (χ0v) is 7.61. The third-order valence-corrected chi connectivity index (χ3v) is 1.79. The van der Waals surface area contributed by atoms with Gasteiger partial charge in [0.2, 0.25) is 0 Å². The Balaban J connectivity index is 2.46. The summed E-state index contributed by atoms with van der Waals surface area (Å²) in [4.78, 5) is 7.98. The molecule has 74 valence electrons. The fourth-order valence-electron chi connectivity index (χ4n) is 1.14. The largest absolute Gasteiger partial charge is 0.385 e. The molecule has 0 atom stereocenters. The molecule has 14 heavy (non-hydrogen) atoms. The molecule has 0 fully saturated rings. The molecule has 1 aliphatic heterocycles. The van der Waals surface area contributed by atoms with Gasteiger partial charge in [-0.25, -0.2) is 4.99 Å². The lowest BCUT2D eigenvalue weighted by Gasteiger charge is -2.13. The van der Waals surface area contributed by atoms with E-state index in [1.807, 2.05) is 0 Å². The van der Waals surface area contributed by atoms with Gasteiger partial charge in [-0.15, -0.1) is 0 Å². The Bertz CT molecular complexity index is 418. The van der Waals surface area contributed by atoms with E-state index in [9.17, 15) is 0 Å². The number of aliphatic imine (C=N–C) groups is 1. The molecule has 0 saturated heterocycles. The highest BCUT2D eigenvalue weighted by molar-refractivity contribution is 6.21. The van der Waals surface area contributed by atoms with Crippen LogP contribution in [0.2, 0.25) is 0 Å². The third kappa shape index (κ3) is 1.28. The van der Waals surface area contributed by atoms with Crippen molar-refractivity contribution in [1.82, 2.24) is 15.5 Å². The maximum absolute atomic E-state index is 5.69. The van der Waals surface area contributed by atoms with E-state index in [1.165, 1.54) is 0 Å². The van der Waals surface area contributed by atoms with Crippen LogP contribution in [0, 0.1) is 6.92 Å². The Labute approximate surface area is 79.9 Å². The first-order valence-electron chi connectivity index (χ1n) is 4.03. The molecular formula is C7H10N6O. The quantitative estimate of drug-likeness (QED) is 0.524. The summed E-state index contributed by atoms with van der Waals surface area (Å²) in [7, 11) is 0. The van der Waals surface area contributed by atoms with Crippen LogP contribution in [0.5, 0.6) is 0 Å². The van der Waals surface area contributed by atoms with Crippen molar-refractivity contribution in [3.8, 4) is 0 Å². The normalized spacial score (nSPS) is 16.5. The number of aryl methyl sites for hydroxylation is 1. The van der Waals surface area contributed by atoms with Crippen LogP contribution >= 0.6 is 0 Å². The summed E-state index contributed by atoms with van der Waals surface area (Å²) in [6.07, 6.45) is 0. The van der Waals surface area contributed by atoms with Gasteiger partial charge >= 0.3 is 0 Å². The number of rotatable bonds is 1. The van der Waals surface area contributed by atoms with E-state index in [2.05, 4.69) is 20.4 Å². The molecule has 0 unspecified atom stereocenters. The van der Waals surface area contributed by atoms with Crippen LogP contribution in [0.4, 0.5) is 0 Å². The number of hydrogen-bond donors (Lipinski definition) is 3. The Kier molecular flexibility index (Phi) is 1.84. The highest BCUT2D eigenvalue weighted by Gasteiger charge is 2.20. The van der Waals surface area contributed by atoms with Crippen molar-refractivity contribution in [1.29, 1.82) is 0 Å². The fourth-order valence-corrected chi connectivity index (χ4v) is 1.14. The molecule has 1 aromatic heterocycles. The summed E-state index contributed by atoms with van der Waals surface area (Å²) in [5, 5.41) is 6.48. The number of nitrogens with two attached hydrogens (primary N) is 2. The molecule has 0 saturated carbocycles. The smallest absolute Gasteiger partial charge is 0.265 e.